The molecule has 0 bridgehead atoms. The fourth-order valence-electron chi connectivity index (χ4n) is 8.64. The molecule has 0 amide bonds. The minimum Gasteiger partial charge on any atom is -0.459 e. The monoisotopic (exact) mass is 676 g/mol. The van der Waals surface area contributed by atoms with E-state index in [1.54, 1.807) is 0 Å². The van der Waals surface area contributed by atoms with E-state index in [1.807, 2.05) is 27.7 Å². The Morgan fingerprint density at radius 1 is 0.667 bits per heavy atom. The van der Waals surface area contributed by atoms with E-state index in [0.717, 1.165) is 25.7 Å². The van der Waals surface area contributed by atoms with Crippen LogP contribution in [0.15, 0.2) is 24.3 Å². The van der Waals surface area contributed by atoms with E-state index in [0.29, 0.717) is 36.8 Å². The fourth-order valence-corrected chi connectivity index (χ4v) is 8.64. The van der Waals surface area contributed by atoms with Crippen molar-refractivity contribution in [3.63, 3.8) is 0 Å². The Bertz CT molecular complexity index is 1210. The van der Waals surface area contributed by atoms with Gasteiger partial charge in [-0.1, -0.05) is 27.7 Å². The fraction of sp³-hybridized carbons (Fsp3) is 0.778. The van der Waals surface area contributed by atoms with Gasteiger partial charge in [0.1, 0.15) is 25.4 Å². The Morgan fingerprint density at radius 2 is 1.00 bits per heavy atom. The second kappa shape index (κ2) is 13.5. The lowest BCUT2D eigenvalue weighted by Crippen LogP contribution is -2.66. The largest absolute Gasteiger partial charge is 0.459 e. The van der Waals surface area contributed by atoms with Gasteiger partial charge in [0.2, 0.25) is 0 Å². The molecule has 2 N–H and O–H groups in total. The van der Waals surface area contributed by atoms with Crippen LogP contribution in [0.2, 0.25) is 0 Å². The minimum atomic E-state index is -0.854. The van der Waals surface area contributed by atoms with E-state index in [4.69, 9.17) is 28.4 Å². The van der Waals surface area contributed by atoms with Crippen LogP contribution in [0.25, 0.3) is 0 Å². The van der Waals surface area contributed by atoms with Crippen LogP contribution < -0.4 is 0 Å². The maximum Gasteiger partial charge on any atom is 0.338 e. The van der Waals surface area contributed by atoms with Gasteiger partial charge in [0.15, 0.2) is 11.6 Å². The number of esters is 2. The van der Waals surface area contributed by atoms with Crippen molar-refractivity contribution in [1.82, 2.24) is 10.1 Å². The second-order valence-corrected chi connectivity index (χ2v) is 15.5. The first kappa shape index (κ1) is 37.1. The van der Waals surface area contributed by atoms with Gasteiger partial charge in [-0.2, -0.15) is 10.1 Å². The molecule has 1 aromatic rings. The van der Waals surface area contributed by atoms with E-state index in [9.17, 15) is 20.0 Å². The quantitative estimate of drug-likeness (QED) is 0.287. The van der Waals surface area contributed by atoms with Crippen LogP contribution >= 0.6 is 0 Å². The summed E-state index contributed by atoms with van der Waals surface area (Å²) in [5.74, 6) is -2.77. The molecular formula is C36H56N2O10. The summed E-state index contributed by atoms with van der Waals surface area (Å²) in [5, 5.41) is 24.9. The normalized spacial score (nSPS) is 32.5. The number of ether oxygens (including phenoxy) is 6. The van der Waals surface area contributed by atoms with E-state index in [1.165, 1.54) is 34.4 Å². The standard InChI is InChI=1S/C36H56N2O10/c1-9-33(10-2)23-35(21-31(5,6)37(33)41)45-19-27(47-35)17-43-29(39)25-13-15-26(16-14-25)30(40)44-18-28-20-46-36(48-28)22-32(7,8)38(42)34(11-3,12-4)24-36/h13-16,27-28,41-42H,9-12,17-24H2,1-8H3. The molecule has 12 nitrogen and oxygen atoms in total. The minimum absolute atomic E-state index is 0.0228. The summed E-state index contributed by atoms with van der Waals surface area (Å²) in [7, 11) is 0. The lowest BCUT2D eigenvalue weighted by Gasteiger charge is -2.56. The van der Waals surface area contributed by atoms with Crippen molar-refractivity contribution >= 4 is 11.9 Å². The summed E-state index contributed by atoms with van der Waals surface area (Å²) < 4.78 is 36.3. The molecule has 4 heterocycles. The molecule has 4 unspecified atom stereocenters. The third-order valence-electron chi connectivity index (χ3n) is 11.3. The molecule has 1 aromatic carbocycles. The zero-order valence-electron chi connectivity index (χ0n) is 30.0. The maximum absolute atomic E-state index is 12.9. The lowest BCUT2D eigenvalue weighted by molar-refractivity contribution is -0.327. The number of hydroxylamine groups is 4. The predicted molar refractivity (Wildman–Crippen MR) is 175 cm³/mol. The average molecular weight is 677 g/mol. The van der Waals surface area contributed by atoms with Gasteiger partial charge in [-0.25, -0.2) is 9.59 Å². The summed E-state index contributed by atoms with van der Waals surface area (Å²) >= 11 is 0. The second-order valence-electron chi connectivity index (χ2n) is 15.5. The van der Waals surface area contributed by atoms with Gasteiger partial charge in [0.05, 0.1) is 35.4 Å². The van der Waals surface area contributed by atoms with E-state index in [-0.39, 0.29) is 26.4 Å². The van der Waals surface area contributed by atoms with Gasteiger partial charge in [0, 0.05) is 36.8 Å². The van der Waals surface area contributed by atoms with Gasteiger partial charge in [0.25, 0.3) is 0 Å². The highest BCUT2D eigenvalue weighted by molar-refractivity contribution is 5.93. The highest BCUT2D eigenvalue weighted by atomic mass is 16.8. The van der Waals surface area contributed by atoms with Gasteiger partial charge in [-0.3, -0.25) is 0 Å². The third-order valence-corrected chi connectivity index (χ3v) is 11.3. The van der Waals surface area contributed by atoms with Gasteiger partial charge < -0.3 is 38.8 Å². The lowest BCUT2D eigenvalue weighted by atomic mass is 9.73. The zero-order chi connectivity index (χ0) is 35.2. The van der Waals surface area contributed by atoms with Crippen LogP contribution in [-0.4, -0.2) is 105 Å². The van der Waals surface area contributed by atoms with Crippen molar-refractivity contribution < 1.29 is 48.4 Å². The Balaban J connectivity index is 1.10. The third kappa shape index (κ3) is 6.92. The summed E-state index contributed by atoms with van der Waals surface area (Å²) in [6, 6.07) is 6.14. The van der Waals surface area contributed by atoms with Crippen molar-refractivity contribution in [3.05, 3.63) is 35.4 Å². The van der Waals surface area contributed by atoms with Crippen LogP contribution in [0.3, 0.4) is 0 Å². The van der Waals surface area contributed by atoms with Crippen molar-refractivity contribution in [2.24, 2.45) is 0 Å². The van der Waals surface area contributed by atoms with Crippen LogP contribution in [0.4, 0.5) is 0 Å². The van der Waals surface area contributed by atoms with Crippen molar-refractivity contribution in [3.8, 4) is 0 Å². The maximum atomic E-state index is 12.9. The molecule has 5 rings (SSSR count). The first-order valence-corrected chi connectivity index (χ1v) is 17.6. The highest BCUT2D eigenvalue weighted by Crippen LogP contribution is 2.51. The Labute approximate surface area is 284 Å². The zero-order valence-corrected chi connectivity index (χ0v) is 30.0. The van der Waals surface area contributed by atoms with Gasteiger partial charge in [-0.05, 0) is 77.6 Å². The summed E-state index contributed by atoms with van der Waals surface area (Å²) in [4.78, 5) is 25.7. The number of carbonyl (C=O) groups is 2. The van der Waals surface area contributed by atoms with E-state index in [2.05, 4.69) is 27.7 Å². The molecule has 4 saturated heterocycles. The molecule has 0 saturated carbocycles. The number of piperidine rings is 2. The van der Waals surface area contributed by atoms with E-state index < -0.39 is 57.9 Å². The molecule has 4 atom stereocenters. The van der Waals surface area contributed by atoms with Gasteiger partial charge >= 0.3 is 11.9 Å². The molecule has 0 aliphatic carbocycles. The molecule has 48 heavy (non-hydrogen) atoms. The molecule has 4 aliphatic heterocycles. The molecule has 270 valence electrons. The molecule has 12 heteroatoms. The summed E-state index contributed by atoms with van der Waals surface area (Å²) in [6.07, 6.45) is 4.12. The number of nitrogens with zero attached hydrogens (tertiary/aromatic N) is 2. The number of hydrogen-bond donors (Lipinski definition) is 2. The topological polar surface area (TPSA) is 136 Å². The summed E-state index contributed by atoms with van der Waals surface area (Å²) in [6.45, 7) is 16.8. The molecule has 0 aromatic heterocycles. The summed E-state index contributed by atoms with van der Waals surface area (Å²) in [5.41, 5.74) is -1.44. The number of carbonyl (C=O) groups excluding carboxylic acids is 2. The highest BCUT2D eigenvalue weighted by Gasteiger charge is 2.60. The Morgan fingerprint density at radius 3 is 1.31 bits per heavy atom. The van der Waals surface area contributed by atoms with Crippen molar-refractivity contribution in [1.29, 1.82) is 0 Å². The molecule has 2 spiro atoms. The smallest absolute Gasteiger partial charge is 0.338 e. The van der Waals surface area contributed by atoms with Gasteiger partial charge in [-0.15, -0.1) is 0 Å². The van der Waals surface area contributed by atoms with Crippen LogP contribution in [-0.2, 0) is 28.4 Å². The Kier molecular flexibility index (Phi) is 10.5. The van der Waals surface area contributed by atoms with Crippen molar-refractivity contribution in [2.45, 2.75) is 153 Å². The van der Waals surface area contributed by atoms with Crippen LogP contribution in [0, 0.1) is 0 Å². The molecule has 4 aliphatic rings. The first-order chi connectivity index (χ1) is 22.5. The molecule has 0 radical (unpaired) electrons. The molecular weight excluding hydrogens is 620 g/mol. The van der Waals surface area contributed by atoms with Crippen molar-refractivity contribution in [2.75, 3.05) is 26.4 Å². The molecule has 4 fully saturated rings. The SMILES string of the molecule is CCC1(CC)CC2(CC(C)(C)N1O)OCC(COC(=O)c1ccc(C(=O)OCC3COC4(CC(C)(C)N(O)C(CC)(CC)C4)O3)cc1)O2. The number of rotatable bonds is 10. The number of hydrogen-bond acceptors (Lipinski definition) is 12. The van der Waals surface area contributed by atoms with Crippen LogP contribution in [0.5, 0.6) is 0 Å². The predicted octanol–water partition coefficient (Wildman–Crippen LogP) is 5.87. The average Bonchev–Trinajstić information content (AvgIpc) is 3.64. The first-order valence-electron chi connectivity index (χ1n) is 17.6. The number of benzene rings is 1. The van der Waals surface area contributed by atoms with E-state index >= 15 is 0 Å². The Hall–Kier alpha value is -2.16. The van der Waals surface area contributed by atoms with Crippen LogP contribution in [0.1, 0.15) is 127 Å².